The van der Waals surface area contributed by atoms with Crippen molar-refractivity contribution < 1.29 is 4.79 Å². The Bertz CT molecular complexity index is 523. The zero-order valence-electron chi connectivity index (χ0n) is 15.4. The van der Waals surface area contributed by atoms with Gasteiger partial charge in [0.05, 0.1) is 6.54 Å². The second kappa shape index (κ2) is 9.56. The summed E-state index contributed by atoms with van der Waals surface area (Å²) in [6, 6.07) is 10.3. The van der Waals surface area contributed by atoms with Crippen molar-refractivity contribution in [3.05, 3.63) is 35.9 Å². The highest BCUT2D eigenvalue weighted by molar-refractivity contribution is 5.85. The van der Waals surface area contributed by atoms with Crippen LogP contribution >= 0.6 is 12.4 Å². The van der Waals surface area contributed by atoms with E-state index in [0.29, 0.717) is 6.54 Å². The van der Waals surface area contributed by atoms with Gasteiger partial charge in [0.25, 0.3) is 0 Å². The minimum Gasteiger partial charge on any atom is -0.338 e. The molecule has 5 heteroatoms. The van der Waals surface area contributed by atoms with E-state index >= 15 is 0 Å². The summed E-state index contributed by atoms with van der Waals surface area (Å²) in [6.07, 6.45) is 6.41. The number of halogens is 1. The standard InChI is InChI=1S/C20H31N3O.ClH/c1-2-22(15-18-9-5-3-6-10-18)19(24)16-23-14-13-21-17-20(23)11-7-4-8-12-20;/h3,5-6,9-10,21H,2,4,7-8,11-17H2,1H3;1H. The lowest BCUT2D eigenvalue weighted by molar-refractivity contribution is -0.135. The Kier molecular flexibility index (Phi) is 7.73. The predicted molar refractivity (Wildman–Crippen MR) is 105 cm³/mol. The quantitative estimate of drug-likeness (QED) is 0.871. The summed E-state index contributed by atoms with van der Waals surface area (Å²) in [4.78, 5) is 17.4. The summed E-state index contributed by atoms with van der Waals surface area (Å²) >= 11 is 0. The maximum absolute atomic E-state index is 12.9. The van der Waals surface area contributed by atoms with Crippen LogP contribution in [0.4, 0.5) is 0 Å². The van der Waals surface area contributed by atoms with Crippen LogP contribution in [0.3, 0.4) is 0 Å². The van der Waals surface area contributed by atoms with Gasteiger partial charge >= 0.3 is 0 Å². The SMILES string of the molecule is CCN(Cc1ccccc1)C(=O)CN1CCNCC12CCCCC2.Cl. The van der Waals surface area contributed by atoms with Gasteiger partial charge in [-0.05, 0) is 25.3 Å². The first-order valence-electron chi connectivity index (χ1n) is 9.51. The lowest BCUT2D eigenvalue weighted by atomic mass is 9.79. The van der Waals surface area contributed by atoms with E-state index in [4.69, 9.17) is 0 Å². The monoisotopic (exact) mass is 365 g/mol. The highest BCUT2D eigenvalue weighted by atomic mass is 35.5. The van der Waals surface area contributed by atoms with Crippen molar-refractivity contribution in [1.29, 1.82) is 0 Å². The molecule has 0 bridgehead atoms. The van der Waals surface area contributed by atoms with Gasteiger partial charge < -0.3 is 10.2 Å². The second-order valence-corrected chi connectivity index (χ2v) is 7.28. The van der Waals surface area contributed by atoms with Gasteiger partial charge in [-0.25, -0.2) is 0 Å². The molecule has 1 saturated heterocycles. The molecule has 140 valence electrons. The van der Waals surface area contributed by atoms with Crippen LogP contribution in [0.15, 0.2) is 30.3 Å². The molecular weight excluding hydrogens is 334 g/mol. The van der Waals surface area contributed by atoms with E-state index in [-0.39, 0.29) is 23.9 Å². The molecule has 1 spiro atoms. The van der Waals surface area contributed by atoms with Crippen LogP contribution in [-0.4, -0.2) is 54.0 Å². The first-order chi connectivity index (χ1) is 11.7. The third-order valence-corrected chi connectivity index (χ3v) is 5.74. The summed E-state index contributed by atoms with van der Waals surface area (Å²) in [5.41, 5.74) is 1.43. The summed E-state index contributed by atoms with van der Waals surface area (Å²) in [5, 5.41) is 3.56. The van der Waals surface area contributed by atoms with Gasteiger partial charge in [0.1, 0.15) is 0 Å². The summed E-state index contributed by atoms with van der Waals surface area (Å²) in [5.74, 6) is 0.271. The van der Waals surface area contributed by atoms with E-state index in [1.54, 1.807) is 0 Å². The van der Waals surface area contributed by atoms with E-state index in [0.717, 1.165) is 32.7 Å². The van der Waals surface area contributed by atoms with Crippen molar-refractivity contribution in [1.82, 2.24) is 15.1 Å². The minimum absolute atomic E-state index is 0. The largest absolute Gasteiger partial charge is 0.338 e. The van der Waals surface area contributed by atoms with Gasteiger partial charge in [0.2, 0.25) is 5.91 Å². The Morgan fingerprint density at radius 2 is 1.92 bits per heavy atom. The first-order valence-corrected chi connectivity index (χ1v) is 9.51. The summed E-state index contributed by atoms with van der Waals surface area (Å²) in [6.45, 7) is 7.18. The van der Waals surface area contributed by atoms with Crippen molar-refractivity contribution in [2.75, 3.05) is 32.7 Å². The molecule has 2 fully saturated rings. The molecule has 3 rings (SSSR count). The van der Waals surface area contributed by atoms with Crippen LogP contribution in [0.5, 0.6) is 0 Å². The summed E-state index contributed by atoms with van der Waals surface area (Å²) in [7, 11) is 0. The third-order valence-electron chi connectivity index (χ3n) is 5.74. The van der Waals surface area contributed by atoms with Crippen molar-refractivity contribution in [2.45, 2.75) is 51.1 Å². The zero-order chi connectivity index (χ0) is 16.8. The minimum atomic E-state index is 0. The number of hydrogen-bond acceptors (Lipinski definition) is 3. The average Bonchev–Trinajstić information content (AvgIpc) is 2.63. The molecule has 0 radical (unpaired) electrons. The van der Waals surface area contributed by atoms with Gasteiger partial charge in [-0.1, -0.05) is 49.6 Å². The van der Waals surface area contributed by atoms with Crippen LogP contribution in [0.1, 0.15) is 44.6 Å². The van der Waals surface area contributed by atoms with Crippen LogP contribution in [0.25, 0.3) is 0 Å². The zero-order valence-corrected chi connectivity index (χ0v) is 16.2. The topological polar surface area (TPSA) is 35.6 Å². The number of nitrogens with zero attached hydrogens (tertiary/aromatic N) is 2. The molecule has 1 aliphatic carbocycles. The maximum Gasteiger partial charge on any atom is 0.237 e. The van der Waals surface area contributed by atoms with Gasteiger partial charge in [0.15, 0.2) is 0 Å². The van der Waals surface area contributed by atoms with Crippen LogP contribution in [-0.2, 0) is 11.3 Å². The average molecular weight is 366 g/mol. The number of hydrogen-bond donors (Lipinski definition) is 1. The van der Waals surface area contributed by atoms with E-state index < -0.39 is 0 Å². The molecule has 0 atom stereocenters. The highest BCUT2D eigenvalue weighted by Crippen LogP contribution is 2.34. The number of rotatable bonds is 5. The number of nitrogens with one attached hydrogen (secondary N) is 1. The van der Waals surface area contributed by atoms with E-state index in [2.05, 4.69) is 29.3 Å². The van der Waals surface area contributed by atoms with Gasteiger partial charge in [0, 0.05) is 38.3 Å². The predicted octanol–water partition coefficient (Wildman–Crippen LogP) is 3.07. The molecule has 1 aliphatic heterocycles. The molecule has 1 aromatic carbocycles. The molecule has 1 amide bonds. The molecule has 2 aliphatic rings. The van der Waals surface area contributed by atoms with E-state index in [9.17, 15) is 4.79 Å². The first kappa shape index (κ1) is 20.2. The fraction of sp³-hybridized carbons (Fsp3) is 0.650. The molecule has 0 unspecified atom stereocenters. The maximum atomic E-state index is 12.9. The van der Waals surface area contributed by atoms with Crippen molar-refractivity contribution >= 4 is 18.3 Å². The van der Waals surface area contributed by atoms with Crippen LogP contribution in [0, 0.1) is 0 Å². The highest BCUT2D eigenvalue weighted by Gasteiger charge is 2.40. The molecule has 0 aromatic heterocycles. The molecule has 1 saturated carbocycles. The summed E-state index contributed by atoms with van der Waals surface area (Å²) < 4.78 is 0. The van der Waals surface area contributed by atoms with Crippen molar-refractivity contribution in [3.8, 4) is 0 Å². The molecule has 1 heterocycles. The fourth-order valence-electron chi connectivity index (χ4n) is 4.28. The fourth-order valence-corrected chi connectivity index (χ4v) is 4.28. The Morgan fingerprint density at radius 1 is 1.20 bits per heavy atom. The Balaban J connectivity index is 0.00000225. The van der Waals surface area contributed by atoms with E-state index in [1.165, 1.54) is 37.7 Å². The second-order valence-electron chi connectivity index (χ2n) is 7.28. The van der Waals surface area contributed by atoms with Gasteiger partial charge in [-0.15, -0.1) is 12.4 Å². The van der Waals surface area contributed by atoms with Crippen molar-refractivity contribution in [3.63, 3.8) is 0 Å². The number of amides is 1. The third kappa shape index (κ3) is 4.96. The Labute approximate surface area is 158 Å². The molecule has 1 N–H and O–H groups in total. The molecule has 4 nitrogen and oxygen atoms in total. The number of piperazine rings is 1. The van der Waals surface area contributed by atoms with Gasteiger partial charge in [-0.2, -0.15) is 0 Å². The number of carbonyl (C=O) groups is 1. The van der Waals surface area contributed by atoms with Crippen LogP contribution in [0.2, 0.25) is 0 Å². The molecular formula is C20H32ClN3O. The van der Waals surface area contributed by atoms with Gasteiger partial charge in [-0.3, -0.25) is 9.69 Å². The number of carbonyl (C=O) groups excluding carboxylic acids is 1. The Hall–Kier alpha value is -1.10. The lowest BCUT2D eigenvalue weighted by Gasteiger charge is -2.50. The lowest BCUT2D eigenvalue weighted by Crippen LogP contribution is -2.63. The molecule has 1 aromatic rings. The van der Waals surface area contributed by atoms with E-state index in [1.807, 2.05) is 23.1 Å². The normalized spacial score (nSPS) is 20.0. The Morgan fingerprint density at radius 3 is 2.60 bits per heavy atom. The molecule has 25 heavy (non-hydrogen) atoms. The van der Waals surface area contributed by atoms with Crippen molar-refractivity contribution in [2.24, 2.45) is 0 Å². The van der Waals surface area contributed by atoms with Crippen LogP contribution < -0.4 is 5.32 Å². The number of likely N-dealkylation sites (N-methyl/N-ethyl adjacent to an activating group) is 1. The number of benzene rings is 1. The smallest absolute Gasteiger partial charge is 0.237 e.